The molecule has 0 aliphatic carbocycles. The van der Waals surface area contributed by atoms with Crippen LogP contribution in [0.1, 0.15) is 0 Å². The number of benzene rings is 1. The molecule has 3 heterocycles. The lowest BCUT2D eigenvalue weighted by Gasteiger charge is -2.03. The van der Waals surface area contributed by atoms with Gasteiger partial charge >= 0.3 is 0 Å². The Labute approximate surface area is 124 Å². The minimum absolute atomic E-state index is 0.781. The first-order valence-corrected chi connectivity index (χ1v) is 7.30. The summed E-state index contributed by atoms with van der Waals surface area (Å²) in [5.74, 6) is 0.781. The van der Waals surface area contributed by atoms with Crippen LogP contribution in [0.2, 0.25) is 0 Å². The normalized spacial score (nSPS) is 11.1. The molecule has 0 spiro atoms. The molecular weight excluding hydrogens is 284 g/mol. The van der Waals surface area contributed by atoms with Crippen molar-refractivity contribution in [2.24, 2.45) is 7.05 Å². The van der Waals surface area contributed by atoms with Crippen LogP contribution < -0.4 is 5.32 Å². The first kappa shape index (κ1) is 12.1. The second-order valence-electron chi connectivity index (χ2n) is 4.68. The van der Waals surface area contributed by atoms with Gasteiger partial charge in [0.05, 0.1) is 23.7 Å². The lowest BCUT2D eigenvalue weighted by Crippen LogP contribution is -1.91. The minimum atomic E-state index is 0.781. The van der Waals surface area contributed by atoms with Gasteiger partial charge in [0.2, 0.25) is 0 Å². The Morgan fingerprint density at radius 2 is 2.29 bits per heavy atom. The van der Waals surface area contributed by atoms with Crippen molar-refractivity contribution in [1.29, 1.82) is 0 Å². The highest BCUT2D eigenvalue weighted by Crippen LogP contribution is 2.29. The zero-order valence-electron chi connectivity index (χ0n) is 11.2. The van der Waals surface area contributed by atoms with Gasteiger partial charge < -0.3 is 9.88 Å². The number of aryl methyl sites for hydroxylation is 1. The maximum Gasteiger partial charge on any atom is 0.188 e. The number of anilines is 2. The Morgan fingerprint density at radius 1 is 1.33 bits per heavy atom. The van der Waals surface area contributed by atoms with Gasteiger partial charge in [-0.05, 0) is 12.1 Å². The molecule has 3 aromatic heterocycles. The maximum absolute atomic E-state index is 4.32. The molecular formula is C14H12N6S. The summed E-state index contributed by atoms with van der Waals surface area (Å²) in [6, 6.07) is 6.19. The summed E-state index contributed by atoms with van der Waals surface area (Å²) in [5, 5.41) is 14.4. The van der Waals surface area contributed by atoms with Gasteiger partial charge in [0.15, 0.2) is 10.9 Å². The van der Waals surface area contributed by atoms with E-state index in [-0.39, 0.29) is 0 Å². The number of nitrogens with zero attached hydrogens (tertiary/aromatic N) is 4. The fraction of sp³-hybridized carbons (Fsp3) is 0.0714. The van der Waals surface area contributed by atoms with E-state index in [1.807, 2.05) is 29.3 Å². The van der Waals surface area contributed by atoms with Gasteiger partial charge in [-0.1, -0.05) is 6.07 Å². The maximum atomic E-state index is 4.32. The number of aromatic amines is 1. The number of hydrogen-bond donors (Lipinski definition) is 2. The molecule has 0 saturated carbocycles. The van der Waals surface area contributed by atoms with Crippen molar-refractivity contribution in [2.45, 2.75) is 0 Å². The van der Waals surface area contributed by atoms with Gasteiger partial charge in [0, 0.05) is 29.6 Å². The number of hydrogen-bond acceptors (Lipinski definition) is 5. The number of aromatic nitrogens is 5. The van der Waals surface area contributed by atoms with Crippen molar-refractivity contribution in [1.82, 2.24) is 24.7 Å². The third kappa shape index (κ3) is 2.07. The van der Waals surface area contributed by atoms with Crippen LogP contribution in [0.4, 0.5) is 10.9 Å². The zero-order valence-corrected chi connectivity index (χ0v) is 12.1. The van der Waals surface area contributed by atoms with Gasteiger partial charge in [-0.25, -0.2) is 9.97 Å². The van der Waals surface area contributed by atoms with Crippen LogP contribution in [0.25, 0.3) is 22.2 Å². The molecule has 0 unspecified atom stereocenters. The second kappa shape index (κ2) is 4.71. The number of imidazole rings is 1. The number of thiazole rings is 1. The fourth-order valence-electron chi connectivity index (χ4n) is 2.29. The third-order valence-corrected chi connectivity index (χ3v) is 4.02. The van der Waals surface area contributed by atoms with Crippen LogP contribution in [0.3, 0.4) is 0 Å². The Bertz CT molecular complexity index is 889. The van der Waals surface area contributed by atoms with E-state index in [2.05, 4.69) is 37.6 Å². The highest BCUT2D eigenvalue weighted by atomic mass is 32.1. The summed E-state index contributed by atoms with van der Waals surface area (Å²) in [5.41, 5.74) is 3.16. The van der Waals surface area contributed by atoms with Crippen LogP contribution in [0, 0.1) is 0 Å². The molecule has 0 saturated heterocycles. The highest BCUT2D eigenvalue weighted by molar-refractivity contribution is 7.13. The first-order chi connectivity index (χ1) is 10.3. The summed E-state index contributed by atoms with van der Waals surface area (Å²) in [7, 11) is 1.98. The molecule has 0 bridgehead atoms. The average Bonchev–Trinajstić information content (AvgIpc) is 3.21. The number of fused-ring (bicyclic) bond motifs is 1. The van der Waals surface area contributed by atoms with Crippen molar-refractivity contribution < 1.29 is 0 Å². The SMILES string of the molecule is Cn1cncc1-c1ccc2[nH]nc(Nc3nccs3)c2c1. The Hall–Kier alpha value is -2.67. The van der Waals surface area contributed by atoms with Gasteiger partial charge in [0.1, 0.15) is 0 Å². The van der Waals surface area contributed by atoms with Crippen molar-refractivity contribution in [2.75, 3.05) is 5.32 Å². The smallest absolute Gasteiger partial charge is 0.188 e. The van der Waals surface area contributed by atoms with Crippen LogP contribution in [0.15, 0.2) is 42.3 Å². The molecule has 0 amide bonds. The van der Waals surface area contributed by atoms with E-state index in [1.165, 1.54) is 0 Å². The molecule has 104 valence electrons. The summed E-state index contributed by atoms with van der Waals surface area (Å²) < 4.78 is 2.00. The summed E-state index contributed by atoms with van der Waals surface area (Å²) in [6.07, 6.45) is 5.42. The van der Waals surface area contributed by atoms with Gasteiger partial charge in [-0.3, -0.25) is 5.10 Å². The molecule has 4 rings (SSSR count). The van der Waals surface area contributed by atoms with E-state index in [0.29, 0.717) is 0 Å². The van der Waals surface area contributed by atoms with Crippen LogP contribution in [0.5, 0.6) is 0 Å². The largest absolute Gasteiger partial charge is 0.334 e. The van der Waals surface area contributed by atoms with E-state index in [1.54, 1.807) is 23.9 Å². The minimum Gasteiger partial charge on any atom is -0.334 e. The molecule has 2 N–H and O–H groups in total. The van der Waals surface area contributed by atoms with Gasteiger partial charge in [-0.15, -0.1) is 11.3 Å². The van der Waals surface area contributed by atoms with Crippen LogP contribution in [-0.2, 0) is 7.05 Å². The predicted molar refractivity (Wildman–Crippen MR) is 83.7 cm³/mol. The molecule has 7 heteroatoms. The summed E-state index contributed by atoms with van der Waals surface area (Å²) in [6.45, 7) is 0. The molecule has 0 radical (unpaired) electrons. The lowest BCUT2D eigenvalue weighted by atomic mass is 10.1. The Morgan fingerprint density at radius 3 is 3.05 bits per heavy atom. The first-order valence-electron chi connectivity index (χ1n) is 6.42. The van der Waals surface area contributed by atoms with Crippen molar-refractivity contribution >= 4 is 33.2 Å². The Balaban J connectivity index is 1.81. The third-order valence-electron chi connectivity index (χ3n) is 3.33. The molecule has 0 fully saturated rings. The van der Waals surface area contributed by atoms with E-state index in [9.17, 15) is 0 Å². The Kier molecular flexibility index (Phi) is 2.71. The second-order valence-corrected chi connectivity index (χ2v) is 5.58. The van der Waals surface area contributed by atoms with E-state index < -0.39 is 0 Å². The van der Waals surface area contributed by atoms with Crippen LogP contribution >= 0.6 is 11.3 Å². The predicted octanol–water partition coefficient (Wildman–Crippen LogP) is 3.16. The topological polar surface area (TPSA) is 71.4 Å². The number of rotatable bonds is 3. The monoisotopic (exact) mass is 296 g/mol. The summed E-state index contributed by atoms with van der Waals surface area (Å²) in [4.78, 5) is 8.39. The van der Waals surface area contributed by atoms with Crippen molar-refractivity contribution in [3.63, 3.8) is 0 Å². The van der Waals surface area contributed by atoms with E-state index in [0.717, 1.165) is 33.1 Å². The molecule has 21 heavy (non-hydrogen) atoms. The standard InChI is InChI=1S/C14H12N6S/c1-20-8-15-7-12(20)9-2-3-11-10(6-9)13(19-18-11)17-14-16-4-5-21-14/h2-8H,1H3,(H2,16,17,18,19). The molecule has 0 aliphatic heterocycles. The van der Waals surface area contributed by atoms with Gasteiger partial charge in [-0.2, -0.15) is 5.10 Å². The van der Waals surface area contributed by atoms with Crippen molar-refractivity contribution in [3.8, 4) is 11.3 Å². The molecule has 1 aromatic carbocycles. The molecule has 0 atom stereocenters. The number of nitrogens with one attached hydrogen (secondary N) is 2. The van der Waals surface area contributed by atoms with E-state index in [4.69, 9.17) is 0 Å². The van der Waals surface area contributed by atoms with Gasteiger partial charge in [0.25, 0.3) is 0 Å². The zero-order chi connectivity index (χ0) is 14.2. The average molecular weight is 296 g/mol. The molecule has 6 nitrogen and oxygen atoms in total. The van der Waals surface area contributed by atoms with Crippen LogP contribution in [-0.4, -0.2) is 24.7 Å². The highest BCUT2D eigenvalue weighted by Gasteiger charge is 2.10. The van der Waals surface area contributed by atoms with E-state index >= 15 is 0 Å². The molecule has 4 aromatic rings. The molecule has 0 aliphatic rings. The quantitative estimate of drug-likeness (QED) is 0.609. The summed E-state index contributed by atoms with van der Waals surface area (Å²) >= 11 is 1.54. The fourth-order valence-corrected chi connectivity index (χ4v) is 2.82. The van der Waals surface area contributed by atoms with Crippen molar-refractivity contribution in [3.05, 3.63) is 42.3 Å². The number of H-pyrrole nitrogens is 1. The lowest BCUT2D eigenvalue weighted by molar-refractivity contribution is 0.921.